The van der Waals surface area contributed by atoms with Gasteiger partial charge in [0.1, 0.15) is 5.75 Å². The summed E-state index contributed by atoms with van der Waals surface area (Å²) in [4.78, 5) is 15.8. The number of carbonyl (C=O) groups excluding carboxylic acids is 1. The summed E-state index contributed by atoms with van der Waals surface area (Å²) in [6, 6.07) is 10.5. The molecule has 21 heavy (non-hydrogen) atoms. The number of pyridine rings is 1. The largest absolute Gasteiger partial charge is 0.506 e. The highest BCUT2D eigenvalue weighted by Gasteiger charge is 2.03. The molecule has 0 aliphatic rings. The second kappa shape index (κ2) is 7.09. The average molecular weight is 283 g/mol. The van der Waals surface area contributed by atoms with Gasteiger partial charge in [-0.2, -0.15) is 0 Å². The number of anilines is 1. The number of nitrogens with zero attached hydrogens (tertiary/aromatic N) is 1. The third-order valence-electron chi connectivity index (χ3n) is 2.84. The monoisotopic (exact) mass is 283 g/mol. The van der Waals surface area contributed by atoms with E-state index in [1.54, 1.807) is 30.3 Å². The van der Waals surface area contributed by atoms with Crippen molar-refractivity contribution < 1.29 is 9.90 Å². The predicted molar refractivity (Wildman–Crippen MR) is 82.2 cm³/mol. The van der Waals surface area contributed by atoms with E-state index >= 15 is 0 Å². The molecule has 3 N–H and O–H groups in total. The summed E-state index contributed by atoms with van der Waals surface area (Å²) in [6.07, 6.45) is 3.04. The lowest BCUT2D eigenvalue weighted by atomic mass is 10.2. The van der Waals surface area contributed by atoms with Gasteiger partial charge in [-0.3, -0.25) is 9.78 Å². The predicted octanol–water partition coefficient (Wildman–Crippen LogP) is 2.32. The molecule has 2 aromatic rings. The lowest BCUT2D eigenvalue weighted by Crippen LogP contribution is -2.23. The molecule has 0 bridgehead atoms. The van der Waals surface area contributed by atoms with Crippen LogP contribution in [0.3, 0.4) is 0 Å². The summed E-state index contributed by atoms with van der Waals surface area (Å²) >= 11 is 0. The van der Waals surface area contributed by atoms with Crippen LogP contribution in [0, 0.1) is 0 Å². The van der Waals surface area contributed by atoms with E-state index in [0.717, 1.165) is 11.4 Å². The van der Waals surface area contributed by atoms with Gasteiger partial charge in [-0.15, -0.1) is 6.58 Å². The van der Waals surface area contributed by atoms with Gasteiger partial charge in [-0.05, 0) is 36.4 Å². The van der Waals surface area contributed by atoms with E-state index in [-0.39, 0.29) is 11.7 Å². The first-order valence-corrected chi connectivity index (χ1v) is 6.56. The molecule has 5 nitrogen and oxygen atoms in total. The topological polar surface area (TPSA) is 74.2 Å². The van der Waals surface area contributed by atoms with E-state index in [1.165, 1.54) is 6.20 Å². The van der Waals surface area contributed by atoms with Crippen molar-refractivity contribution in [2.24, 2.45) is 0 Å². The van der Waals surface area contributed by atoms with Crippen molar-refractivity contribution in [3.8, 4) is 5.75 Å². The normalized spacial score (nSPS) is 9.90. The van der Waals surface area contributed by atoms with Crippen LogP contribution in [0.1, 0.15) is 16.1 Å². The summed E-state index contributed by atoms with van der Waals surface area (Å²) < 4.78 is 0. The summed E-state index contributed by atoms with van der Waals surface area (Å²) in [6.45, 7) is 4.55. The maximum atomic E-state index is 11.7. The number of benzene rings is 1. The highest BCUT2D eigenvalue weighted by Crippen LogP contribution is 2.12. The molecule has 1 amide bonds. The molecular weight excluding hydrogens is 266 g/mol. The minimum absolute atomic E-state index is 0.123. The van der Waals surface area contributed by atoms with Crippen LogP contribution in [-0.4, -0.2) is 22.5 Å². The van der Waals surface area contributed by atoms with Crippen LogP contribution in [-0.2, 0) is 6.54 Å². The number of nitrogens with one attached hydrogen (secondary N) is 2. The van der Waals surface area contributed by atoms with Crippen LogP contribution in [0.5, 0.6) is 5.75 Å². The van der Waals surface area contributed by atoms with E-state index in [9.17, 15) is 4.79 Å². The van der Waals surface area contributed by atoms with E-state index in [0.29, 0.717) is 18.7 Å². The van der Waals surface area contributed by atoms with Crippen LogP contribution < -0.4 is 10.6 Å². The first-order chi connectivity index (χ1) is 10.2. The molecule has 108 valence electrons. The number of rotatable bonds is 6. The van der Waals surface area contributed by atoms with Gasteiger partial charge in [0.2, 0.25) is 0 Å². The summed E-state index contributed by atoms with van der Waals surface area (Å²) in [7, 11) is 0. The van der Waals surface area contributed by atoms with Crippen molar-refractivity contribution in [2.75, 3.05) is 11.9 Å². The number of amides is 1. The van der Waals surface area contributed by atoms with Crippen molar-refractivity contribution in [2.45, 2.75) is 6.54 Å². The fourth-order valence-electron chi connectivity index (χ4n) is 1.72. The van der Waals surface area contributed by atoms with E-state index in [4.69, 9.17) is 5.11 Å². The molecule has 0 atom stereocenters. The highest BCUT2D eigenvalue weighted by atomic mass is 16.3. The van der Waals surface area contributed by atoms with Gasteiger partial charge in [0.05, 0.1) is 18.4 Å². The molecule has 0 aliphatic heterocycles. The van der Waals surface area contributed by atoms with Crippen molar-refractivity contribution >= 4 is 11.6 Å². The van der Waals surface area contributed by atoms with E-state index in [1.807, 2.05) is 12.1 Å². The van der Waals surface area contributed by atoms with Crippen LogP contribution in [0.2, 0.25) is 0 Å². The first-order valence-electron chi connectivity index (χ1n) is 6.56. The van der Waals surface area contributed by atoms with Gasteiger partial charge in [0, 0.05) is 17.8 Å². The Bertz CT molecular complexity index is 606. The molecule has 0 aliphatic carbocycles. The number of aromatic nitrogens is 1. The Labute approximate surface area is 123 Å². The number of carbonyl (C=O) groups is 1. The minimum Gasteiger partial charge on any atom is -0.506 e. The van der Waals surface area contributed by atoms with Crippen LogP contribution in [0.4, 0.5) is 5.69 Å². The number of hydrogen-bond acceptors (Lipinski definition) is 4. The molecule has 2 rings (SSSR count). The molecule has 5 heteroatoms. The Morgan fingerprint density at radius 1 is 1.24 bits per heavy atom. The summed E-state index contributed by atoms with van der Waals surface area (Å²) in [5, 5.41) is 15.1. The van der Waals surface area contributed by atoms with Gasteiger partial charge in [0.15, 0.2) is 0 Å². The SMILES string of the molecule is C=CCNC(=O)c1ccc(NCc2ccc(O)cn2)cc1. The smallest absolute Gasteiger partial charge is 0.251 e. The Kier molecular flexibility index (Phi) is 4.93. The highest BCUT2D eigenvalue weighted by molar-refractivity contribution is 5.94. The molecule has 1 aromatic carbocycles. The molecule has 0 spiro atoms. The summed E-state index contributed by atoms with van der Waals surface area (Å²) in [5.74, 6) is 0.0234. The molecule has 0 radical (unpaired) electrons. The maximum absolute atomic E-state index is 11.7. The Morgan fingerprint density at radius 2 is 2.00 bits per heavy atom. The molecule has 1 heterocycles. The standard InChI is InChI=1S/C16H17N3O2/c1-2-9-17-16(21)12-3-5-13(6-4-12)18-10-14-7-8-15(20)11-19-14/h2-8,11,18,20H,1,9-10H2,(H,17,21). The van der Waals surface area contributed by atoms with Crippen molar-refractivity contribution in [1.82, 2.24) is 10.3 Å². The van der Waals surface area contributed by atoms with Crippen LogP contribution in [0.15, 0.2) is 55.3 Å². The number of hydrogen-bond donors (Lipinski definition) is 3. The Balaban J connectivity index is 1.91. The summed E-state index contributed by atoms with van der Waals surface area (Å²) in [5.41, 5.74) is 2.32. The lowest BCUT2D eigenvalue weighted by molar-refractivity contribution is 0.0958. The van der Waals surface area contributed by atoms with Crippen LogP contribution >= 0.6 is 0 Å². The third kappa shape index (κ3) is 4.35. The molecular formula is C16H17N3O2. The molecule has 0 fully saturated rings. The van der Waals surface area contributed by atoms with Gasteiger partial charge >= 0.3 is 0 Å². The zero-order valence-electron chi connectivity index (χ0n) is 11.5. The second-order valence-corrected chi connectivity index (χ2v) is 4.44. The average Bonchev–Trinajstić information content (AvgIpc) is 2.52. The van der Waals surface area contributed by atoms with Gasteiger partial charge in [0.25, 0.3) is 5.91 Å². The Morgan fingerprint density at radius 3 is 2.62 bits per heavy atom. The Hall–Kier alpha value is -2.82. The zero-order valence-corrected chi connectivity index (χ0v) is 11.5. The zero-order chi connectivity index (χ0) is 15.1. The number of aromatic hydroxyl groups is 1. The lowest BCUT2D eigenvalue weighted by Gasteiger charge is -2.07. The van der Waals surface area contributed by atoms with Crippen molar-refractivity contribution in [3.63, 3.8) is 0 Å². The first kappa shape index (κ1) is 14.6. The fraction of sp³-hybridized carbons (Fsp3) is 0.125. The third-order valence-corrected chi connectivity index (χ3v) is 2.84. The van der Waals surface area contributed by atoms with Gasteiger partial charge in [-0.1, -0.05) is 6.08 Å². The molecule has 1 aromatic heterocycles. The quantitative estimate of drug-likeness (QED) is 0.711. The maximum Gasteiger partial charge on any atom is 0.251 e. The van der Waals surface area contributed by atoms with Crippen molar-refractivity contribution in [3.05, 3.63) is 66.5 Å². The van der Waals surface area contributed by atoms with Crippen LogP contribution in [0.25, 0.3) is 0 Å². The van der Waals surface area contributed by atoms with Gasteiger partial charge in [-0.25, -0.2) is 0 Å². The van der Waals surface area contributed by atoms with E-state index < -0.39 is 0 Å². The molecule has 0 saturated heterocycles. The minimum atomic E-state index is -0.123. The van der Waals surface area contributed by atoms with Gasteiger partial charge < -0.3 is 15.7 Å². The van der Waals surface area contributed by atoms with E-state index in [2.05, 4.69) is 22.2 Å². The second-order valence-electron chi connectivity index (χ2n) is 4.44. The molecule has 0 unspecified atom stereocenters. The van der Waals surface area contributed by atoms with Crippen molar-refractivity contribution in [1.29, 1.82) is 0 Å². The fourth-order valence-corrected chi connectivity index (χ4v) is 1.72. The molecule has 0 saturated carbocycles.